The lowest BCUT2D eigenvalue weighted by molar-refractivity contribution is 0.309. The van der Waals surface area contributed by atoms with Crippen LogP contribution in [0.15, 0.2) is 48.5 Å². The first-order chi connectivity index (χ1) is 10.4. The average molecular weight is 318 g/mol. The minimum atomic E-state index is -3.40. The molecule has 4 heteroatoms. The third-order valence-corrected chi connectivity index (χ3v) is 4.31. The first kappa shape index (κ1) is 16.7. The van der Waals surface area contributed by atoms with Crippen LogP contribution in [0.5, 0.6) is 0 Å². The van der Waals surface area contributed by atoms with Crippen molar-refractivity contribution in [2.75, 3.05) is 12.9 Å². The van der Waals surface area contributed by atoms with E-state index in [-0.39, 0.29) is 12.5 Å². The summed E-state index contributed by atoms with van der Waals surface area (Å²) in [6.45, 7) is 4.34. The summed E-state index contributed by atoms with van der Waals surface area (Å²) in [5.74, 6) is 0.128. The number of hydrogen-bond donors (Lipinski definition) is 0. The molecule has 1 atom stereocenters. The van der Waals surface area contributed by atoms with Gasteiger partial charge in [-0.1, -0.05) is 54.1 Å². The highest BCUT2D eigenvalue weighted by Gasteiger charge is 2.17. The fourth-order valence-electron chi connectivity index (χ4n) is 2.64. The maximum Gasteiger partial charge on any atom is 0.264 e. The van der Waals surface area contributed by atoms with E-state index in [9.17, 15) is 8.42 Å². The third kappa shape index (κ3) is 4.68. The van der Waals surface area contributed by atoms with Gasteiger partial charge in [-0.2, -0.15) is 8.42 Å². The largest absolute Gasteiger partial charge is 0.270 e. The zero-order valence-corrected chi connectivity index (χ0v) is 14.1. The van der Waals surface area contributed by atoms with Gasteiger partial charge >= 0.3 is 0 Å². The van der Waals surface area contributed by atoms with Crippen LogP contribution in [-0.4, -0.2) is 21.3 Å². The Morgan fingerprint density at radius 2 is 1.73 bits per heavy atom. The van der Waals surface area contributed by atoms with Gasteiger partial charge < -0.3 is 0 Å². The number of hydrogen-bond acceptors (Lipinski definition) is 3. The molecule has 22 heavy (non-hydrogen) atoms. The highest BCUT2D eigenvalue weighted by Crippen LogP contribution is 2.31. The van der Waals surface area contributed by atoms with E-state index in [0.717, 1.165) is 6.26 Å². The van der Waals surface area contributed by atoms with E-state index in [4.69, 9.17) is 4.18 Å². The molecule has 118 valence electrons. The summed E-state index contributed by atoms with van der Waals surface area (Å²) in [6, 6.07) is 16.5. The van der Waals surface area contributed by atoms with Crippen molar-refractivity contribution in [3.63, 3.8) is 0 Å². The Morgan fingerprint density at radius 1 is 1.05 bits per heavy atom. The lowest BCUT2D eigenvalue weighted by Gasteiger charge is -2.20. The Balaban J connectivity index is 2.31. The number of benzene rings is 2. The van der Waals surface area contributed by atoms with E-state index in [0.29, 0.717) is 6.42 Å². The van der Waals surface area contributed by atoms with E-state index in [1.54, 1.807) is 0 Å². The second kappa shape index (κ2) is 7.07. The predicted molar refractivity (Wildman–Crippen MR) is 89.6 cm³/mol. The van der Waals surface area contributed by atoms with Crippen molar-refractivity contribution in [1.82, 2.24) is 0 Å². The van der Waals surface area contributed by atoms with E-state index in [2.05, 4.69) is 44.2 Å². The molecule has 2 aromatic rings. The molecule has 0 spiro atoms. The van der Waals surface area contributed by atoms with Crippen LogP contribution in [0.25, 0.3) is 0 Å². The fraction of sp³-hybridized carbons (Fsp3) is 0.333. The molecule has 2 aromatic carbocycles. The van der Waals surface area contributed by atoms with Crippen LogP contribution in [0, 0.1) is 13.8 Å². The SMILES string of the molecule is Cc1ccc(C)c(C(CCOS(C)(=O)=O)c2ccccc2)c1. The highest BCUT2D eigenvalue weighted by molar-refractivity contribution is 7.85. The first-order valence-corrected chi connectivity index (χ1v) is 9.15. The summed E-state index contributed by atoms with van der Waals surface area (Å²) in [6.07, 6.45) is 1.71. The molecule has 0 aliphatic carbocycles. The van der Waals surface area contributed by atoms with Gasteiger partial charge in [0, 0.05) is 5.92 Å². The molecular formula is C18H22O3S. The first-order valence-electron chi connectivity index (χ1n) is 7.33. The molecule has 0 N–H and O–H groups in total. The van der Waals surface area contributed by atoms with Gasteiger partial charge in [-0.15, -0.1) is 0 Å². The highest BCUT2D eigenvalue weighted by atomic mass is 32.2. The minimum absolute atomic E-state index is 0.128. The van der Waals surface area contributed by atoms with E-state index < -0.39 is 10.1 Å². The lowest BCUT2D eigenvalue weighted by atomic mass is 9.85. The van der Waals surface area contributed by atoms with Gasteiger partial charge in [0.15, 0.2) is 0 Å². The van der Waals surface area contributed by atoms with E-state index in [1.165, 1.54) is 22.3 Å². The van der Waals surface area contributed by atoms with Gasteiger partial charge in [-0.25, -0.2) is 0 Å². The van der Waals surface area contributed by atoms with E-state index >= 15 is 0 Å². The second-order valence-electron chi connectivity index (χ2n) is 5.64. The zero-order chi connectivity index (χ0) is 16.2. The van der Waals surface area contributed by atoms with Gasteiger partial charge in [0.2, 0.25) is 0 Å². The van der Waals surface area contributed by atoms with Crippen LogP contribution in [0.4, 0.5) is 0 Å². The quantitative estimate of drug-likeness (QED) is 0.761. The summed E-state index contributed by atoms with van der Waals surface area (Å²) >= 11 is 0. The van der Waals surface area contributed by atoms with Crippen molar-refractivity contribution in [1.29, 1.82) is 0 Å². The normalized spacial score (nSPS) is 13.0. The standard InChI is InChI=1S/C18H22O3S/c1-14-9-10-15(2)18(13-14)17(11-12-21-22(3,19)20)16-7-5-4-6-8-16/h4-10,13,17H,11-12H2,1-3H3. The van der Waals surface area contributed by atoms with Crippen molar-refractivity contribution in [3.05, 3.63) is 70.8 Å². The van der Waals surface area contributed by atoms with Gasteiger partial charge in [0.25, 0.3) is 10.1 Å². The van der Waals surface area contributed by atoms with Crippen molar-refractivity contribution < 1.29 is 12.6 Å². The summed E-state index contributed by atoms with van der Waals surface area (Å²) in [5, 5.41) is 0. The smallest absolute Gasteiger partial charge is 0.264 e. The molecule has 0 saturated heterocycles. The second-order valence-corrected chi connectivity index (χ2v) is 7.28. The maximum atomic E-state index is 11.2. The van der Waals surface area contributed by atoms with Crippen LogP contribution in [-0.2, 0) is 14.3 Å². The van der Waals surface area contributed by atoms with Crippen LogP contribution in [0.2, 0.25) is 0 Å². The molecule has 1 unspecified atom stereocenters. The Labute approximate surface area is 133 Å². The molecule has 0 heterocycles. The summed E-state index contributed by atoms with van der Waals surface area (Å²) in [5.41, 5.74) is 4.81. The molecule has 0 bridgehead atoms. The molecule has 0 aromatic heterocycles. The molecule has 0 aliphatic heterocycles. The molecular weight excluding hydrogens is 296 g/mol. The molecule has 0 aliphatic rings. The summed E-state index contributed by atoms with van der Waals surface area (Å²) in [7, 11) is -3.40. The summed E-state index contributed by atoms with van der Waals surface area (Å²) < 4.78 is 27.3. The number of aryl methyl sites for hydroxylation is 2. The van der Waals surface area contributed by atoms with Gasteiger partial charge in [-0.3, -0.25) is 4.18 Å². The van der Waals surface area contributed by atoms with Gasteiger partial charge in [0.05, 0.1) is 12.9 Å². The van der Waals surface area contributed by atoms with Crippen molar-refractivity contribution >= 4 is 10.1 Å². The Hall–Kier alpha value is -1.65. The summed E-state index contributed by atoms with van der Waals surface area (Å²) in [4.78, 5) is 0. The molecule has 0 radical (unpaired) electrons. The molecule has 0 fully saturated rings. The average Bonchev–Trinajstić information content (AvgIpc) is 2.46. The molecule has 0 saturated carbocycles. The fourth-order valence-corrected chi connectivity index (χ4v) is 3.04. The van der Waals surface area contributed by atoms with Crippen molar-refractivity contribution in [2.45, 2.75) is 26.2 Å². The molecule has 2 rings (SSSR count). The Kier molecular flexibility index (Phi) is 5.37. The van der Waals surface area contributed by atoms with Crippen LogP contribution in [0.3, 0.4) is 0 Å². The van der Waals surface area contributed by atoms with Crippen LogP contribution >= 0.6 is 0 Å². The Bertz CT molecular complexity index is 721. The van der Waals surface area contributed by atoms with Gasteiger partial charge in [0.1, 0.15) is 0 Å². The van der Waals surface area contributed by atoms with E-state index in [1.807, 2.05) is 18.2 Å². The van der Waals surface area contributed by atoms with Crippen LogP contribution in [0.1, 0.15) is 34.6 Å². The Morgan fingerprint density at radius 3 is 2.36 bits per heavy atom. The van der Waals surface area contributed by atoms with Crippen LogP contribution < -0.4 is 0 Å². The van der Waals surface area contributed by atoms with Crippen molar-refractivity contribution in [2.24, 2.45) is 0 Å². The molecule has 0 amide bonds. The minimum Gasteiger partial charge on any atom is -0.270 e. The topological polar surface area (TPSA) is 43.4 Å². The zero-order valence-electron chi connectivity index (χ0n) is 13.2. The lowest BCUT2D eigenvalue weighted by Crippen LogP contribution is -2.10. The third-order valence-electron chi connectivity index (χ3n) is 3.72. The molecule has 3 nitrogen and oxygen atoms in total. The predicted octanol–water partition coefficient (Wildman–Crippen LogP) is 3.80. The monoisotopic (exact) mass is 318 g/mol. The number of rotatable bonds is 6. The maximum absolute atomic E-state index is 11.2. The van der Waals surface area contributed by atoms with Gasteiger partial charge in [-0.05, 0) is 37.0 Å². The van der Waals surface area contributed by atoms with Crippen molar-refractivity contribution in [3.8, 4) is 0 Å².